The van der Waals surface area contributed by atoms with E-state index in [-0.39, 0.29) is 6.42 Å². The molecule has 64 valence electrons. The third kappa shape index (κ3) is 5.18. The Labute approximate surface area is 75.0 Å². The van der Waals surface area contributed by atoms with Crippen LogP contribution in [-0.2, 0) is 9.59 Å². The Morgan fingerprint density at radius 1 is 1.45 bits per heavy atom. The monoisotopic (exact) mass is 197 g/mol. The largest absolute Gasteiger partial charge is 0.309 e. The molecule has 0 aliphatic rings. The van der Waals surface area contributed by atoms with Gasteiger partial charge in [0.1, 0.15) is 0 Å². The molecule has 0 aliphatic carbocycles. The van der Waals surface area contributed by atoms with Crippen LogP contribution in [0, 0.1) is 0 Å². The van der Waals surface area contributed by atoms with E-state index in [2.05, 4.69) is 5.32 Å². The van der Waals surface area contributed by atoms with Gasteiger partial charge in [0.05, 0.1) is 6.04 Å². The van der Waals surface area contributed by atoms with E-state index in [0.29, 0.717) is 6.42 Å². The van der Waals surface area contributed by atoms with Crippen molar-refractivity contribution in [3.8, 4) is 0 Å². The molecule has 0 spiro atoms. The molecule has 11 heavy (non-hydrogen) atoms. The molecule has 0 bridgehead atoms. The molecular formula is C6H9Cl2NO2. The quantitative estimate of drug-likeness (QED) is 0.667. The van der Waals surface area contributed by atoms with Gasteiger partial charge in [0.2, 0.25) is 10.5 Å². The van der Waals surface area contributed by atoms with Gasteiger partial charge in [-0.25, -0.2) is 0 Å². The van der Waals surface area contributed by atoms with Crippen molar-refractivity contribution < 1.29 is 9.59 Å². The van der Waals surface area contributed by atoms with E-state index < -0.39 is 16.5 Å². The summed E-state index contributed by atoms with van der Waals surface area (Å²) in [5.74, 6) is 0. The first-order valence-corrected chi connectivity index (χ1v) is 3.88. The number of halogens is 2. The first-order chi connectivity index (χ1) is 5.07. The molecule has 0 aliphatic heterocycles. The van der Waals surface area contributed by atoms with Gasteiger partial charge in [-0.3, -0.25) is 9.59 Å². The average molecular weight is 198 g/mol. The molecular weight excluding hydrogens is 189 g/mol. The van der Waals surface area contributed by atoms with Crippen molar-refractivity contribution in [1.82, 2.24) is 5.32 Å². The Bertz CT molecular complexity index is 161. The van der Waals surface area contributed by atoms with E-state index >= 15 is 0 Å². The maximum atomic E-state index is 10.5. The highest BCUT2D eigenvalue weighted by Crippen LogP contribution is 2.02. The summed E-state index contributed by atoms with van der Waals surface area (Å²) in [6, 6.07) is -0.473. The van der Waals surface area contributed by atoms with Crippen LogP contribution in [-0.4, -0.2) is 23.6 Å². The van der Waals surface area contributed by atoms with Crippen molar-refractivity contribution in [1.29, 1.82) is 0 Å². The fraction of sp³-hybridized carbons (Fsp3) is 0.667. The zero-order valence-electron chi connectivity index (χ0n) is 6.06. The second-order valence-corrected chi connectivity index (χ2v) is 2.83. The number of hydrogen-bond donors (Lipinski definition) is 1. The normalized spacial score (nSPS) is 12.6. The fourth-order valence-corrected chi connectivity index (χ4v) is 0.956. The predicted molar refractivity (Wildman–Crippen MR) is 43.8 cm³/mol. The zero-order valence-corrected chi connectivity index (χ0v) is 7.58. The molecule has 5 heteroatoms. The Balaban J connectivity index is 3.70. The van der Waals surface area contributed by atoms with E-state index in [1.54, 1.807) is 7.05 Å². The molecule has 0 radical (unpaired) electrons. The summed E-state index contributed by atoms with van der Waals surface area (Å²) in [4.78, 5) is 20.8. The number of carbonyl (C=O) groups excluding carboxylic acids is 2. The molecule has 3 nitrogen and oxygen atoms in total. The van der Waals surface area contributed by atoms with Crippen molar-refractivity contribution in [2.75, 3.05) is 7.05 Å². The van der Waals surface area contributed by atoms with Gasteiger partial charge >= 0.3 is 0 Å². The SMILES string of the molecule is CN[C@H](CCC(=O)Cl)C(=O)Cl. The molecule has 0 amide bonds. The van der Waals surface area contributed by atoms with Gasteiger partial charge in [-0.1, -0.05) is 0 Å². The van der Waals surface area contributed by atoms with E-state index in [1.807, 2.05) is 0 Å². The third-order valence-electron chi connectivity index (χ3n) is 1.25. The highest BCUT2D eigenvalue weighted by atomic mass is 35.5. The lowest BCUT2D eigenvalue weighted by Crippen LogP contribution is -2.31. The number of rotatable bonds is 5. The first kappa shape index (κ1) is 10.9. The van der Waals surface area contributed by atoms with Gasteiger partial charge in [-0.15, -0.1) is 0 Å². The van der Waals surface area contributed by atoms with Gasteiger partial charge in [-0.2, -0.15) is 0 Å². The highest BCUT2D eigenvalue weighted by Gasteiger charge is 2.14. The minimum Gasteiger partial charge on any atom is -0.309 e. The van der Waals surface area contributed by atoms with E-state index in [4.69, 9.17) is 23.2 Å². The van der Waals surface area contributed by atoms with Crippen molar-refractivity contribution >= 4 is 33.7 Å². The van der Waals surface area contributed by atoms with Gasteiger partial charge in [-0.05, 0) is 36.7 Å². The van der Waals surface area contributed by atoms with Gasteiger partial charge in [0.25, 0.3) is 0 Å². The van der Waals surface area contributed by atoms with Gasteiger partial charge < -0.3 is 5.32 Å². The summed E-state index contributed by atoms with van der Waals surface area (Å²) in [6.07, 6.45) is 0.507. The Morgan fingerprint density at radius 3 is 2.27 bits per heavy atom. The van der Waals surface area contributed by atoms with Crippen LogP contribution in [0.4, 0.5) is 0 Å². The Kier molecular flexibility index (Phi) is 5.46. The second kappa shape index (κ2) is 5.52. The third-order valence-corrected chi connectivity index (χ3v) is 1.70. The lowest BCUT2D eigenvalue weighted by molar-refractivity contribution is -0.114. The molecule has 0 aromatic carbocycles. The molecule has 0 unspecified atom stereocenters. The van der Waals surface area contributed by atoms with Crippen molar-refractivity contribution in [3.05, 3.63) is 0 Å². The van der Waals surface area contributed by atoms with E-state index in [1.165, 1.54) is 0 Å². The molecule has 0 fully saturated rings. The van der Waals surface area contributed by atoms with Crippen LogP contribution in [0.1, 0.15) is 12.8 Å². The lowest BCUT2D eigenvalue weighted by Gasteiger charge is -2.08. The lowest BCUT2D eigenvalue weighted by atomic mass is 10.2. The number of nitrogens with one attached hydrogen (secondary N) is 1. The molecule has 1 atom stereocenters. The van der Waals surface area contributed by atoms with Crippen LogP contribution in [0.3, 0.4) is 0 Å². The van der Waals surface area contributed by atoms with Crippen molar-refractivity contribution in [2.45, 2.75) is 18.9 Å². The van der Waals surface area contributed by atoms with Crippen LogP contribution in [0.15, 0.2) is 0 Å². The molecule has 0 aromatic heterocycles. The van der Waals surface area contributed by atoms with Crippen LogP contribution in [0.25, 0.3) is 0 Å². The maximum Gasteiger partial charge on any atom is 0.238 e. The first-order valence-electron chi connectivity index (χ1n) is 3.13. The molecule has 0 saturated heterocycles. The number of hydrogen-bond acceptors (Lipinski definition) is 3. The van der Waals surface area contributed by atoms with Gasteiger partial charge in [0, 0.05) is 6.42 Å². The van der Waals surface area contributed by atoms with E-state index in [0.717, 1.165) is 0 Å². The van der Waals surface area contributed by atoms with Crippen LogP contribution in [0.5, 0.6) is 0 Å². The van der Waals surface area contributed by atoms with Crippen LogP contribution >= 0.6 is 23.2 Å². The smallest absolute Gasteiger partial charge is 0.238 e. The fourth-order valence-electron chi connectivity index (χ4n) is 0.629. The van der Waals surface area contributed by atoms with Crippen LogP contribution < -0.4 is 5.32 Å². The number of carbonyl (C=O) groups is 2. The Morgan fingerprint density at radius 2 is 2.00 bits per heavy atom. The molecule has 0 aromatic rings. The average Bonchev–Trinajstić information content (AvgIpc) is 1.87. The minimum absolute atomic E-state index is 0.158. The predicted octanol–water partition coefficient (Wildman–Crippen LogP) is 0.885. The molecule has 0 rings (SSSR count). The molecule has 1 N–H and O–H groups in total. The second-order valence-electron chi connectivity index (χ2n) is 2.04. The standard InChI is InChI=1S/C6H9Cl2NO2/c1-9-4(6(8)11)2-3-5(7)10/h4,9H,2-3H2,1H3/t4-/m1/s1. The summed E-state index contributed by atoms with van der Waals surface area (Å²) in [6.45, 7) is 0. The highest BCUT2D eigenvalue weighted by molar-refractivity contribution is 6.65. The maximum absolute atomic E-state index is 10.5. The summed E-state index contributed by atoms with van der Waals surface area (Å²) >= 11 is 10.2. The minimum atomic E-state index is -0.495. The Hall–Kier alpha value is -0.120. The van der Waals surface area contributed by atoms with Gasteiger partial charge in [0.15, 0.2) is 0 Å². The van der Waals surface area contributed by atoms with Crippen molar-refractivity contribution in [2.24, 2.45) is 0 Å². The topological polar surface area (TPSA) is 46.2 Å². The summed E-state index contributed by atoms with van der Waals surface area (Å²) in [5.41, 5.74) is 0. The number of likely N-dealkylation sites (N-methyl/N-ethyl adjacent to an activating group) is 1. The van der Waals surface area contributed by atoms with Crippen molar-refractivity contribution in [3.63, 3.8) is 0 Å². The molecule has 0 heterocycles. The summed E-state index contributed by atoms with van der Waals surface area (Å²) in [7, 11) is 1.60. The summed E-state index contributed by atoms with van der Waals surface area (Å²) < 4.78 is 0. The summed E-state index contributed by atoms with van der Waals surface area (Å²) in [5, 5.41) is 1.71. The molecule has 0 saturated carbocycles. The van der Waals surface area contributed by atoms with Crippen LogP contribution in [0.2, 0.25) is 0 Å². The van der Waals surface area contributed by atoms with E-state index in [9.17, 15) is 9.59 Å². The zero-order chi connectivity index (χ0) is 8.85.